The summed E-state index contributed by atoms with van der Waals surface area (Å²) in [5.41, 5.74) is 1.17. The van der Waals surface area contributed by atoms with Crippen LogP contribution in [0.2, 0.25) is 0 Å². The van der Waals surface area contributed by atoms with Crippen molar-refractivity contribution < 1.29 is 22.5 Å². The van der Waals surface area contributed by atoms with Gasteiger partial charge in [-0.25, -0.2) is 4.98 Å². The van der Waals surface area contributed by atoms with Crippen LogP contribution in [0, 0.1) is 13.8 Å². The van der Waals surface area contributed by atoms with Gasteiger partial charge in [-0.2, -0.15) is 13.2 Å². The van der Waals surface area contributed by atoms with E-state index in [1.54, 1.807) is 6.92 Å². The van der Waals surface area contributed by atoms with Crippen LogP contribution >= 0.6 is 11.3 Å². The maximum atomic E-state index is 13.1. The zero-order valence-electron chi connectivity index (χ0n) is 15.8. The molecule has 1 amide bonds. The highest BCUT2D eigenvalue weighted by Gasteiger charge is 2.34. The van der Waals surface area contributed by atoms with E-state index in [1.165, 1.54) is 17.4 Å². The highest BCUT2D eigenvalue weighted by atomic mass is 32.1. The summed E-state index contributed by atoms with van der Waals surface area (Å²) in [4.78, 5) is 20.2. The van der Waals surface area contributed by atoms with Crippen molar-refractivity contribution in [2.24, 2.45) is 0 Å². The second-order valence-corrected chi connectivity index (χ2v) is 7.90. The number of halogens is 3. The van der Waals surface area contributed by atoms with E-state index in [1.807, 2.05) is 26.0 Å². The van der Waals surface area contributed by atoms with Crippen LogP contribution in [0.3, 0.4) is 0 Å². The zero-order valence-corrected chi connectivity index (χ0v) is 16.6. The van der Waals surface area contributed by atoms with E-state index < -0.39 is 18.6 Å². The van der Waals surface area contributed by atoms with Crippen molar-refractivity contribution in [3.8, 4) is 10.6 Å². The van der Waals surface area contributed by atoms with E-state index in [-0.39, 0.29) is 17.8 Å². The molecule has 3 rings (SSSR count). The summed E-state index contributed by atoms with van der Waals surface area (Å²) < 4.78 is 44.4. The number of carbonyl (C=O) groups is 1. The molecule has 3 aromatic rings. The number of carbonyl (C=O) groups excluding carboxylic acids is 1. The number of fused-ring (bicyclic) bond motifs is 1. The molecular weight excluding hydrogens is 391 g/mol. The van der Waals surface area contributed by atoms with Crippen LogP contribution in [0.4, 0.5) is 13.2 Å². The Labute approximate surface area is 164 Å². The number of aryl methyl sites for hydroxylation is 2. The first-order valence-electron chi connectivity index (χ1n) is 8.89. The van der Waals surface area contributed by atoms with Gasteiger partial charge in [-0.1, -0.05) is 18.5 Å². The molecule has 0 aliphatic heterocycles. The van der Waals surface area contributed by atoms with E-state index >= 15 is 0 Å². The summed E-state index contributed by atoms with van der Waals surface area (Å²) in [7, 11) is 0. The van der Waals surface area contributed by atoms with E-state index in [9.17, 15) is 18.0 Å². The van der Waals surface area contributed by atoms with Crippen molar-refractivity contribution >= 4 is 28.3 Å². The Kier molecular flexibility index (Phi) is 5.74. The molecule has 0 aromatic carbocycles. The third-order valence-corrected chi connectivity index (χ3v) is 5.30. The van der Waals surface area contributed by atoms with Crippen LogP contribution in [-0.2, 0) is 0 Å². The van der Waals surface area contributed by atoms with E-state index in [2.05, 4.69) is 10.1 Å². The number of nitrogens with zero attached hydrogens (tertiary/aromatic N) is 3. The fraction of sp³-hybridized carbons (Fsp3) is 0.421. The molecule has 0 atom stereocenters. The van der Waals surface area contributed by atoms with Gasteiger partial charge in [-0.05, 0) is 38.5 Å². The number of hydrogen-bond donors (Lipinski definition) is 0. The molecule has 0 radical (unpaired) electrons. The molecule has 0 aliphatic carbocycles. The molecule has 3 heterocycles. The van der Waals surface area contributed by atoms with E-state index in [0.29, 0.717) is 29.6 Å². The van der Waals surface area contributed by atoms with Gasteiger partial charge in [0.25, 0.3) is 11.6 Å². The lowest BCUT2D eigenvalue weighted by atomic mass is 10.1. The summed E-state index contributed by atoms with van der Waals surface area (Å²) in [5.74, 6) is -0.695. The summed E-state index contributed by atoms with van der Waals surface area (Å²) in [6.07, 6.45) is -3.32. The summed E-state index contributed by atoms with van der Waals surface area (Å²) in [6, 6.07) is 5.31. The topological polar surface area (TPSA) is 59.2 Å². The van der Waals surface area contributed by atoms with Crippen molar-refractivity contribution in [3.05, 3.63) is 34.3 Å². The number of pyridine rings is 1. The smallest absolute Gasteiger partial charge is 0.335 e. The molecule has 0 N–H and O–H groups in total. The Balaban J connectivity index is 2.10. The van der Waals surface area contributed by atoms with Gasteiger partial charge in [-0.3, -0.25) is 4.79 Å². The normalized spacial score (nSPS) is 11.9. The second kappa shape index (κ2) is 7.90. The monoisotopic (exact) mass is 411 g/mol. The number of thiophene rings is 1. The minimum absolute atomic E-state index is 0.0242. The SMILES string of the molecule is CCCCN(CC(F)(F)F)C(=O)c1cc(-c2ccc(C)s2)nc2onc(C)c12. The largest absolute Gasteiger partial charge is 0.406 e. The summed E-state index contributed by atoms with van der Waals surface area (Å²) in [6.45, 7) is 4.17. The van der Waals surface area contributed by atoms with Crippen LogP contribution in [0.5, 0.6) is 0 Å². The Morgan fingerprint density at radius 1 is 1.29 bits per heavy atom. The van der Waals surface area contributed by atoms with Gasteiger partial charge in [0.2, 0.25) is 0 Å². The molecule has 150 valence electrons. The highest BCUT2D eigenvalue weighted by molar-refractivity contribution is 7.15. The fourth-order valence-electron chi connectivity index (χ4n) is 2.95. The molecule has 0 spiro atoms. The molecular formula is C19H20F3N3O2S. The minimum Gasteiger partial charge on any atom is -0.335 e. The Hall–Kier alpha value is -2.42. The summed E-state index contributed by atoms with van der Waals surface area (Å²) >= 11 is 1.48. The predicted molar refractivity (Wildman–Crippen MR) is 101 cm³/mol. The Bertz CT molecular complexity index is 994. The van der Waals surface area contributed by atoms with Crippen LogP contribution in [0.15, 0.2) is 22.7 Å². The molecule has 3 aromatic heterocycles. The van der Waals surface area contributed by atoms with Gasteiger partial charge in [0, 0.05) is 11.4 Å². The van der Waals surface area contributed by atoms with E-state index in [4.69, 9.17) is 4.52 Å². The number of alkyl halides is 3. The first-order valence-corrected chi connectivity index (χ1v) is 9.71. The molecule has 0 bridgehead atoms. The lowest BCUT2D eigenvalue weighted by molar-refractivity contribution is -0.140. The number of amides is 1. The lowest BCUT2D eigenvalue weighted by Crippen LogP contribution is -2.39. The maximum absolute atomic E-state index is 13.1. The number of unbranched alkanes of at least 4 members (excludes halogenated alkanes) is 1. The van der Waals surface area contributed by atoms with Crippen molar-refractivity contribution in [1.82, 2.24) is 15.0 Å². The van der Waals surface area contributed by atoms with Gasteiger partial charge in [0.15, 0.2) is 0 Å². The van der Waals surface area contributed by atoms with Gasteiger partial charge in [-0.15, -0.1) is 11.3 Å². The van der Waals surface area contributed by atoms with Crippen LogP contribution in [0.1, 0.15) is 40.7 Å². The lowest BCUT2D eigenvalue weighted by Gasteiger charge is -2.24. The first-order chi connectivity index (χ1) is 13.2. The molecule has 0 saturated carbocycles. The van der Waals surface area contributed by atoms with Crippen molar-refractivity contribution in [2.75, 3.05) is 13.1 Å². The van der Waals surface area contributed by atoms with E-state index in [0.717, 1.165) is 14.7 Å². The molecule has 0 unspecified atom stereocenters. The quantitative estimate of drug-likeness (QED) is 0.547. The Morgan fingerprint density at radius 3 is 2.64 bits per heavy atom. The molecule has 5 nitrogen and oxygen atoms in total. The second-order valence-electron chi connectivity index (χ2n) is 6.61. The molecule has 0 fully saturated rings. The van der Waals surface area contributed by atoms with Gasteiger partial charge in [0.1, 0.15) is 6.54 Å². The average Bonchev–Trinajstić information content (AvgIpc) is 3.22. The minimum atomic E-state index is -4.48. The predicted octanol–water partition coefficient (Wildman–Crippen LogP) is 5.37. The van der Waals surface area contributed by atoms with Crippen molar-refractivity contribution in [2.45, 2.75) is 39.8 Å². The van der Waals surface area contributed by atoms with Gasteiger partial charge in [0.05, 0.1) is 27.2 Å². The maximum Gasteiger partial charge on any atom is 0.406 e. The van der Waals surface area contributed by atoms with Crippen LogP contribution in [0.25, 0.3) is 21.7 Å². The molecule has 0 aliphatic rings. The third kappa shape index (κ3) is 4.35. The standard InChI is InChI=1S/C19H20F3N3O2S/c1-4-5-8-25(10-19(20,21)22)18(26)13-9-14(15-7-6-11(2)28-15)23-17-16(13)12(3)24-27-17/h6-7,9H,4-5,8,10H2,1-3H3. The average molecular weight is 411 g/mol. The zero-order chi connectivity index (χ0) is 20.5. The van der Waals surface area contributed by atoms with Crippen molar-refractivity contribution in [1.29, 1.82) is 0 Å². The number of rotatable bonds is 6. The van der Waals surface area contributed by atoms with Gasteiger partial charge < -0.3 is 9.42 Å². The number of hydrogen-bond acceptors (Lipinski definition) is 5. The van der Waals surface area contributed by atoms with Crippen LogP contribution < -0.4 is 0 Å². The fourth-order valence-corrected chi connectivity index (χ4v) is 3.78. The number of aromatic nitrogens is 2. The highest BCUT2D eigenvalue weighted by Crippen LogP contribution is 2.32. The van der Waals surface area contributed by atoms with Crippen LogP contribution in [-0.4, -0.2) is 40.2 Å². The van der Waals surface area contributed by atoms with Crippen molar-refractivity contribution in [3.63, 3.8) is 0 Å². The third-order valence-electron chi connectivity index (χ3n) is 4.28. The molecule has 9 heteroatoms. The Morgan fingerprint density at radius 2 is 2.04 bits per heavy atom. The van der Waals surface area contributed by atoms with Gasteiger partial charge >= 0.3 is 6.18 Å². The molecule has 0 saturated heterocycles. The molecule has 28 heavy (non-hydrogen) atoms. The first kappa shape index (κ1) is 20.3. The summed E-state index contributed by atoms with van der Waals surface area (Å²) in [5, 5.41) is 4.20.